The number of rotatable bonds is 6. The largest absolute Gasteiger partial charge is 0.469 e. The summed E-state index contributed by atoms with van der Waals surface area (Å²) in [7, 11) is -2.23. The summed E-state index contributed by atoms with van der Waals surface area (Å²) in [6, 6.07) is 10.7. The molecule has 0 saturated carbocycles. The molecule has 2 aliphatic rings. The third kappa shape index (κ3) is 5.47. The van der Waals surface area contributed by atoms with Crippen molar-refractivity contribution >= 4 is 33.3 Å². The molecule has 0 bridgehead atoms. The van der Waals surface area contributed by atoms with E-state index in [9.17, 15) is 22.0 Å². The molecule has 3 aromatic rings. The number of hydrogen-bond donors (Lipinski definition) is 1. The van der Waals surface area contributed by atoms with Gasteiger partial charge in [0.15, 0.2) is 15.7 Å². The number of hydrogen-bond acceptors (Lipinski definition) is 8. The van der Waals surface area contributed by atoms with Crippen LogP contribution in [0.5, 0.6) is 0 Å². The van der Waals surface area contributed by atoms with Crippen molar-refractivity contribution < 1.29 is 26.7 Å². The molecule has 1 saturated heterocycles. The Morgan fingerprint density at radius 1 is 1.11 bits per heavy atom. The van der Waals surface area contributed by atoms with Gasteiger partial charge in [-0.25, -0.2) is 22.2 Å². The minimum absolute atomic E-state index is 0.0318. The summed E-state index contributed by atoms with van der Waals surface area (Å²) in [4.78, 5) is 22.9. The number of aryl methyl sites for hydroxylation is 1. The first-order valence-corrected chi connectivity index (χ1v) is 14.1. The molecule has 11 heteroatoms. The second-order valence-electron chi connectivity index (χ2n) is 9.57. The Hall–Kier alpha value is -3.60. The first-order chi connectivity index (χ1) is 18.2. The van der Waals surface area contributed by atoms with Gasteiger partial charge in [0, 0.05) is 24.8 Å². The zero-order valence-corrected chi connectivity index (χ0v) is 21.7. The fraction of sp³-hybridized carbons (Fsp3) is 0.370. The topological polar surface area (TPSA) is 101 Å². The van der Waals surface area contributed by atoms with E-state index >= 15 is 0 Å². The number of nitrogens with one attached hydrogen (secondary N) is 1. The first-order valence-electron chi connectivity index (χ1n) is 12.5. The van der Waals surface area contributed by atoms with E-state index in [1.165, 1.54) is 19.2 Å². The quantitative estimate of drug-likeness (QED) is 0.460. The zero-order valence-electron chi connectivity index (χ0n) is 20.9. The van der Waals surface area contributed by atoms with Crippen molar-refractivity contribution in [2.45, 2.75) is 42.9 Å². The molecular weight excluding hydrogens is 514 g/mol. The summed E-state index contributed by atoms with van der Waals surface area (Å²) >= 11 is 0. The average molecular weight is 543 g/mol. The van der Waals surface area contributed by atoms with Crippen LogP contribution in [0, 0.1) is 11.6 Å². The van der Waals surface area contributed by atoms with Gasteiger partial charge in [-0.1, -0.05) is 18.2 Å². The van der Waals surface area contributed by atoms with Crippen molar-refractivity contribution in [3.63, 3.8) is 0 Å². The number of esters is 1. The number of piperidine rings is 1. The van der Waals surface area contributed by atoms with Gasteiger partial charge in [-0.05, 0) is 60.9 Å². The molecule has 1 fully saturated rings. The maximum absolute atomic E-state index is 14.3. The number of sulfone groups is 1. The molecule has 5 rings (SSSR count). The Kier molecular flexibility index (Phi) is 7.29. The van der Waals surface area contributed by atoms with Crippen molar-refractivity contribution in [2.75, 3.05) is 36.2 Å². The smallest absolute Gasteiger partial charge is 0.309 e. The van der Waals surface area contributed by atoms with E-state index in [2.05, 4.69) is 15.3 Å². The van der Waals surface area contributed by atoms with Gasteiger partial charge in [-0.15, -0.1) is 0 Å². The number of methoxy groups -OCH3 is 1. The van der Waals surface area contributed by atoms with E-state index in [1.807, 2.05) is 4.90 Å². The highest BCUT2D eigenvalue weighted by atomic mass is 32.2. The Morgan fingerprint density at radius 3 is 2.53 bits per heavy atom. The summed E-state index contributed by atoms with van der Waals surface area (Å²) in [6.07, 6.45) is 2.40. The van der Waals surface area contributed by atoms with E-state index in [0.717, 1.165) is 11.6 Å². The highest BCUT2D eigenvalue weighted by Gasteiger charge is 2.32. The van der Waals surface area contributed by atoms with Crippen LogP contribution < -0.4 is 10.2 Å². The second kappa shape index (κ2) is 10.6. The number of carbonyl (C=O) groups is 1. The van der Waals surface area contributed by atoms with Gasteiger partial charge >= 0.3 is 5.97 Å². The van der Waals surface area contributed by atoms with Crippen LogP contribution in [0.2, 0.25) is 0 Å². The molecule has 0 radical (unpaired) electrons. The van der Waals surface area contributed by atoms with Crippen LogP contribution in [0.3, 0.4) is 0 Å². The molecule has 200 valence electrons. The lowest BCUT2D eigenvalue weighted by Crippen LogP contribution is -2.35. The van der Waals surface area contributed by atoms with Crippen LogP contribution in [0.25, 0.3) is 0 Å². The fourth-order valence-electron chi connectivity index (χ4n) is 5.04. The number of nitrogens with zero attached hydrogens (tertiary/aromatic N) is 3. The standard InChI is InChI=1S/C27H28F2N4O4S/c1-37-24(34)15-17-4-7-20(8-5-17)30-26-25-23(3-2-14-38(25,35)36)31-27(32-26)33-12-10-18(11-13-33)21-9-6-19(28)16-22(21)29/h4-9,16,18H,2-3,10-15H2,1H3,(H,30,31,32). The van der Waals surface area contributed by atoms with Crippen molar-refractivity contribution in [1.82, 2.24) is 9.97 Å². The number of anilines is 3. The van der Waals surface area contributed by atoms with Crippen LogP contribution in [-0.4, -0.2) is 50.3 Å². The van der Waals surface area contributed by atoms with Crippen molar-refractivity contribution in [2.24, 2.45) is 0 Å². The lowest BCUT2D eigenvalue weighted by Gasteiger charge is -2.33. The second-order valence-corrected chi connectivity index (χ2v) is 11.6. The monoisotopic (exact) mass is 542 g/mol. The summed E-state index contributed by atoms with van der Waals surface area (Å²) < 4.78 is 58.3. The molecule has 0 unspecified atom stereocenters. The van der Waals surface area contributed by atoms with Gasteiger partial charge in [-0.2, -0.15) is 4.98 Å². The Balaban J connectivity index is 1.40. The van der Waals surface area contributed by atoms with E-state index in [4.69, 9.17) is 4.74 Å². The number of ether oxygens (including phenoxy) is 1. The molecule has 1 N–H and O–H groups in total. The number of benzene rings is 2. The first kappa shape index (κ1) is 26.0. The minimum Gasteiger partial charge on any atom is -0.469 e. The molecule has 0 amide bonds. The van der Waals surface area contributed by atoms with Crippen molar-refractivity contribution in [3.05, 3.63) is 70.9 Å². The van der Waals surface area contributed by atoms with E-state index < -0.39 is 21.5 Å². The average Bonchev–Trinajstić information content (AvgIpc) is 2.89. The van der Waals surface area contributed by atoms with Gasteiger partial charge in [0.25, 0.3) is 0 Å². The summed E-state index contributed by atoms with van der Waals surface area (Å²) in [5.74, 6) is -0.865. The number of aromatic nitrogens is 2. The maximum atomic E-state index is 14.3. The van der Waals surface area contributed by atoms with Gasteiger partial charge < -0.3 is 15.0 Å². The predicted molar refractivity (Wildman–Crippen MR) is 138 cm³/mol. The molecule has 3 heterocycles. The van der Waals surface area contributed by atoms with Crippen molar-refractivity contribution in [1.29, 1.82) is 0 Å². The highest BCUT2D eigenvalue weighted by Crippen LogP contribution is 2.35. The van der Waals surface area contributed by atoms with Crippen LogP contribution in [0.15, 0.2) is 47.4 Å². The number of halogens is 2. The minimum atomic E-state index is -3.56. The van der Waals surface area contributed by atoms with Crippen LogP contribution >= 0.6 is 0 Å². The zero-order chi connectivity index (χ0) is 26.9. The molecule has 2 aromatic carbocycles. The van der Waals surface area contributed by atoms with Crippen LogP contribution in [0.1, 0.15) is 42.0 Å². The van der Waals surface area contributed by atoms with E-state index in [0.29, 0.717) is 61.7 Å². The third-order valence-electron chi connectivity index (χ3n) is 7.03. The highest BCUT2D eigenvalue weighted by molar-refractivity contribution is 7.91. The predicted octanol–water partition coefficient (Wildman–Crippen LogP) is 4.32. The molecule has 1 aromatic heterocycles. The fourth-order valence-corrected chi connectivity index (χ4v) is 6.67. The van der Waals surface area contributed by atoms with Crippen molar-refractivity contribution in [3.8, 4) is 0 Å². The Labute approximate surface area is 220 Å². The third-order valence-corrected chi connectivity index (χ3v) is 8.91. The Bertz CT molecular complexity index is 1460. The van der Waals surface area contributed by atoms with E-state index in [1.54, 1.807) is 24.3 Å². The maximum Gasteiger partial charge on any atom is 0.309 e. The molecule has 0 spiro atoms. The molecule has 2 aliphatic heterocycles. The summed E-state index contributed by atoms with van der Waals surface area (Å²) in [5.41, 5.74) is 2.37. The molecule has 0 aliphatic carbocycles. The lowest BCUT2D eigenvalue weighted by atomic mass is 9.89. The van der Waals surface area contributed by atoms with Gasteiger partial charge in [-0.3, -0.25) is 4.79 Å². The SMILES string of the molecule is COC(=O)Cc1ccc(Nc2nc(N3CCC(c4ccc(F)cc4F)CC3)nc3c2S(=O)(=O)CCC3)cc1. The number of carbonyl (C=O) groups excluding carboxylic acids is 1. The molecule has 8 nitrogen and oxygen atoms in total. The Morgan fingerprint density at radius 2 is 1.84 bits per heavy atom. The number of fused-ring (bicyclic) bond motifs is 1. The molecular formula is C27H28F2N4O4S. The van der Waals surface area contributed by atoms with Gasteiger partial charge in [0.2, 0.25) is 5.95 Å². The molecule has 0 atom stereocenters. The van der Waals surface area contributed by atoms with Crippen LogP contribution in [0.4, 0.5) is 26.2 Å². The van der Waals surface area contributed by atoms with Gasteiger partial charge in [0.05, 0.1) is 25.0 Å². The van der Waals surface area contributed by atoms with Crippen LogP contribution in [-0.2, 0) is 32.2 Å². The molecule has 38 heavy (non-hydrogen) atoms. The summed E-state index contributed by atoms with van der Waals surface area (Å²) in [5, 5.41) is 3.15. The van der Waals surface area contributed by atoms with E-state index in [-0.39, 0.29) is 34.8 Å². The lowest BCUT2D eigenvalue weighted by molar-refractivity contribution is -0.139. The van der Waals surface area contributed by atoms with Gasteiger partial charge in [0.1, 0.15) is 16.5 Å². The summed E-state index contributed by atoms with van der Waals surface area (Å²) in [6.45, 7) is 1.10. The normalized spacial score (nSPS) is 17.1.